The molecular weight excluding hydrogens is 326 g/mol. The number of carbonyl (C=O) groups is 1. The van der Waals surface area contributed by atoms with Crippen LogP contribution >= 0.6 is 0 Å². The van der Waals surface area contributed by atoms with E-state index in [2.05, 4.69) is 16.0 Å². The zero-order valence-electron chi connectivity index (χ0n) is 15.0. The molecule has 0 saturated carbocycles. The number of carbonyl (C=O) groups excluding carboxylic acids is 1. The lowest BCUT2D eigenvalue weighted by Crippen LogP contribution is -2.41. The number of benzene rings is 1. The van der Waals surface area contributed by atoms with Crippen molar-refractivity contribution in [2.75, 3.05) is 37.7 Å². The minimum absolute atomic E-state index is 0.0650. The monoisotopic (exact) mass is 351 g/mol. The van der Waals surface area contributed by atoms with Gasteiger partial charge in [-0.2, -0.15) is 0 Å². The van der Waals surface area contributed by atoms with E-state index < -0.39 is 0 Å². The molecule has 0 radical (unpaired) electrons. The van der Waals surface area contributed by atoms with Crippen LogP contribution in [0.1, 0.15) is 41.4 Å². The fraction of sp³-hybridized carbons (Fsp3) is 0.429. The SMILES string of the molecule is O=C(c1ccccc1N1CCOCC1)N1CCCC[C@@H]1c1ccccn1. The van der Waals surface area contributed by atoms with Crippen LogP contribution in [-0.4, -0.2) is 48.6 Å². The van der Waals surface area contributed by atoms with Gasteiger partial charge in [0.15, 0.2) is 0 Å². The number of morpholine rings is 1. The van der Waals surface area contributed by atoms with Gasteiger partial charge in [-0.15, -0.1) is 0 Å². The summed E-state index contributed by atoms with van der Waals surface area (Å²) in [5.74, 6) is 0.113. The molecule has 2 saturated heterocycles. The van der Waals surface area contributed by atoms with Crippen molar-refractivity contribution in [3.63, 3.8) is 0 Å². The summed E-state index contributed by atoms with van der Waals surface area (Å²) in [6.07, 6.45) is 4.97. The van der Waals surface area contributed by atoms with Gasteiger partial charge in [0.2, 0.25) is 0 Å². The van der Waals surface area contributed by atoms with E-state index in [0.29, 0.717) is 13.2 Å². The topological polar surface area (TPSA) is 45.7 Å². The summed E-state index contributed by atoms with van der Waals surface area (Å²) in [6, 6.07) is 14.0. The molecule has 5 heteroatoms. The third-order valence-corrected chi connectivity index (χ3v) is 5.28. The molecule has 0 aliphatic carbocycles. The van der Waals surface area contributed by atoms with E-state index in [9.17, 15) is 4.79 Å². The van der Waals surface area contributed by atoms with Crippen molar-refractivity contribution >= 4 is 11.6 Å². The maximum Gasteiger partial charge on any atom is 0.256 e. The summed E-state index contributed by atoms with van der Waals surface area (Å²) in [5.41, 5.74) is 2.80. The smallest absolute Gasteiger partial charge is 0.256 e. The molecule has 136 valence electrons. The molecule has 4 rings (SSSR count). The van der Waals surface area contributed by atoms with Gasteiger partial charge in [0, 0.05) is 31.5 Å². The molecular formula is C21H25N3O2. The van der Waals surface area contributed by atoms with Crippen molar-refractivity contribution < 1.29 is 9.53 Å². The summed E-state index contributed by atoms with van der Waals surface area (Å²) in [5, 5.41) is 0. The Morgan fingerprint density at radius 3 is 2.62 bits per heavy atom. The summed E-state index contributed by atoms with van der Waals surface area (Å²) >= 11 is 0. The predicted molar refractivity (Wildman–Crippen MR) is 101 cm³/mol. The van der Waals surface area contributed by atoms with Crippen molar-refractivity contribution in [3.05, 3.63) is 59.9 Å². The largest absolute Gasteiger partial charge is 0.378 e. The van der Waals surface area contributed by atoms with Crippen LogP contribution in [0.5, 0.6) is 0 Å². The molecule has 1 atom stereocenters. The molecule has 5 nitrogen and oxygen atoms in total. The summed E-state index contributed by atoms with van der Waals surface area (Å²) in [4.78, 5) is 22.3. The van der Waals surface area contributed by atoms with E-state index in [1.54, 1.807) is 0 Å². The molecule has 2 aromatic rings. The Morgan fingerprint density at radius 2 is 1.81 bits per heavy atom. The number of piperidine rings is 1. The molecule has 2 aliphatic heterocycles. The first-order valence-electron chi connectivity index (χ1n) is 9.48. The van der Waals surface area contributed by atoms with Crippen molar-refractivity contribution in [2.45, 2.75) is 25.3 Å². The van der Waals surface area contributed by atoms with Gasteiger partial charge in [-0.3, -0.25) is 9.78 Å². The minimum Gasteiger partial charge on any atom is -0.378 e. The van der Waals surface area contributed by atoms with Crippen LogP contribution in [0.2, 0.25) is 0 Å². The first-order chi connectivity index (χ1) is 12.8. The lowest BCUT2D eigenvalue weighted by molar-refractivity contribution is 0.0605. The van der Waals surface area contributed by atoms with E-state index >= 15 is 0 Å². The van der Waals surface area contributed by atoms with E-state index in [1.807, 2.05) is 47.5 Å². The number of ether oxygens (including phenoxy) is 1. The summed E-state index contributed by atoms with van der Waals surface area (Å²) in [7, 11) is 0. The number of para-hydroxylation sites is 1. The lowest BCUT2D eigenvalue weighted by Gasteiger charge is -2.37. The second kappa shape index (κ2) is 7.87. The van der Waals surface area contributed by atoms with Gasteiger partial charge in [0.25, 0.3) is 5.91 Å². The first-order valence-corrected chi connectivity index (χ1v) is 9.48. The Morgan fingerprint density at radius 1 is 1.00 bits per heavy atom. The van der Waals surface area contributed by atoms with E-state index in [-0.39, 0.29) is 11.9 Å². The molecule has 0 N–H and O–H groups in total. The van der Waals surface area contributed by atoms with Crippen LogP contribution in [0.3, 0.4) is 0 Å². The molecule has 26 heavy (non-hydrogen) atoms. The maximum absolute atomic E-state index is 13.5. The van der Waals surface area contributed by atoms with Gasteiger partial charge >= 0.3 is 0 Å². The minimum atomic E-state index is 0.0650. The van der Waals surface area contributed by atoms with Crippen LogP contribution in [-0.2, 0) is 4.74 Å². The summed E-state index contributed by atoms with van der Waals surface area (Å²) in [6.45, 7) is 3.87. The Labute approximate surface area is 154 Å². The van der Waals surface area contributed by atoms with Gasteiger partial charge in [-0.25, -0.2) is 0 Å². The fourth-order valence-electron chi connectivity index (χ4n) is 3.94. The lowest BCUT2D eigenvalue weighted by atomic mass is 9.97. The predicted octanol–water partition coefficient (Wildman–Crippen LogP) is 3.29. The van der Waals surface area contributed by atoms with Crippen LogP contribution in [0.25, 0.3) is 0 Å². The maximum atomic E-state index is 13.5. The molecule has 1 amide bonds. The highest BCUT2D eigenvalue weighted by Crippen LogP contribution is 2.33. The quantitative estimate of drug-likeness (QED) is 0.851. The fourth-order valence-corrected chi connectivity index (χ4v) is 3.94. The third kappa shape index (κ3) is 3.44. The number of anilines is 1. The summed E-state index contributed by atoms with van der Waals surface area (Å²) < 4.78 is 5.47. The van der Waals surface area contributed by atoms with Crippen molar-refractivity contribution in [1.29, 1.82) is 0 Å². The van der Waals surface area contributed by atoms with E-state index in [4.69, 9.17) is 4.74 Å². The van der Waals surface area contributed by atoms with E-state index in [0.717, 1.165) is 55.8 Å². The molecule has 1 aromatic carbocycles. The number of nitrogens with zero attached hydrogens (tertiary/aromatic N) is 3. The van der Waals surface area contributed by atoms with E-state index in [1.165, 1.54) is 0 Å². The number of likely N-dealkylation sites (tertiary alicyclic amines) is 1. The Kier molecular flexibility index (Phi) is 5.16. The number of hydrogen-bond acceptors (Lipinski definition) is 4. The molecule has 0 spiro atoms. The standard InChI is InChI=1S/C21H25N3O2/c25-21(17-7-1-2-9-19(17)23-13-15-26-16-14-23)24-12-6-4-10-20(24)18-8-3-5-11-22-18/h1-3,5,7-9,11,20H,4,6,10,12-16H2/t20-/m1/s1. The number of amides is 1. The Hall–Kier alpha value is -2.40. The Balaban J connectivity index is 1.64. The molecule has 0 bridgehead atoms. The van der Waals surface area contributed by atoms with Gasteiger partial charge < -0.3 is 14.5 Å². The van der Waals surface area contributed by atoms with Crippen LogP contribution in [0, 0.1) is 0 Å². The molecule has 1 aromatic heterocycles. The zero-order chi connectivity index (χ0) is 17.8. The normalized spacial score (nSPS) is 20.8. The van der Waals surface area contributed by atoms with Crippen molar-refractivity contribution in [2.24, 2.45) is 0 Å². The highest BCUT2D eigenvalue weighted by Gasteiger charge is 2.31. The molecule has 2 fully saturated rings. The van der Waals surface area contributed by atoms with Gasteiger partial charge in [-0.05, 0) is 43.5 Å². The molecule has 2 aliphatic rings. The number of aromatic nitrogens is 1. The zero-order valence-corrected chi connectivity index (χ0v) is 15.0. The number of rotatable bonds is 3. The van der Waals surface area contributed by atoms with Crippen molar-refractivity contribution in [1.82, 2.24) is 9.88 Å². The van der Waals surface area contributed by atoms with Crippen LogP contribution < -0.4 is 4.90 Å². The van der Waals surface area contributed by atoms with Crippen molar-refractivity contribution in [3.8, 4) is 0 Å². The van der Waals surface area contributed by atoms with Gasteiger partial charge in [-0.1, -0.05) is 18.2 Å². The average molecular weight is 351 g/mol. The van der Waals surface area contributed by atoms with Gasteiger partial charge in [0.1, 0.15) is 0 Å². The highest BCUT2D eigenvalue weighted by atomic mass is 16.5. The van der Waals surface area contributed by atoms with Gasteiger partial charge in [0.05, 0.1) is 30.5 Å². The Bertz CT molecular complexity index is 744. The van der Waals surface area contributed by atoms with Crippen LogP contribution in [0.4, 0.5) is 5.69 Å². The first kappa shape index (κ1) is 17.0. The second-order valence-corrected chi connectivity index (χ2v) is 6.88. The number of pyridine rings is 1. The number of hydrogen-bond donors (Lipinski definition) is 0. The second-order valence-electron chi connectivity index (χ2n) is 6.88. The molecule has 3 heterocycles. The average Bonchev–Trinajstić information content (AvgIpc) is 2.74. The third-order valence-electron chi connectivity index (χ3n) is 5.28. The van der Waals surface area contributed by atoms with Crippen LogP contribution in [0.15, 0.2) is 48.7 Å². The molecule has 0 unspecified atom stereocenters. The highest BCUT2D eigenvalue weighted by molar-refractivity contribution is 6.00.